The number of nitrogens with two attached hydrogens (primary N) is 1. The average Bonchev–Trinajstić information content (AvgIpc) is 2.05. The maximum Gasteiger partial charge on any atom is 0.222 e. The van der Waals surface area contributed by atoms with Gasteiger partial charge in [0.15, 0.2) is 0 Å². The summed E-state index contributed by atoms with van der Waals surface area (Å²) < 4.78 is 12.9. The first-order chi connectivity index (χ1) is 5.69. The lowest BCUT2D eigenvalue weighted by Crippen LogP contribution is -1.93. The molecular weight excluding hydrogens is 155 g/mol. The van der Waals surface area contributed by atoms with Crippen molar-refractivity contribution in [2.75, 3.05) is 5.73 Å². The smallest absolute Gasteiger partial charge is 0.222 e. The summed E-state index contributed by atoms with van der Waals surface area (Å²) in [6.45, 7) is 8.58. The first-order valence-corrected chi connectivity index (χ1v) is 3.64. The molecular formula is C9H9FN2. The van der Waals surface area contributed by atoms with Gasteiger partial charge in [0, 0.05) is 5.69 Å². The van der Waals surface area contributed by atoms with Gasteiger partial charge in [-0.25, -0.2) is 9.24 Å². The Morgan fingerprint density at radius 3 is 2.75 bits per heavy atom. The fraction of sp³-hybridized carbons (Fsp3) is 0.222. The molecule has 0 aliphatic carbocycles. The molecule has 2 nitrogen and oxygen atoms in total. The van der Waals surface area contributed by atoms with Crippen molar-refractivity contribution in [2.24, 2.45) is 0 Å². The van der Waals surface area contributed by atoms with Gasteiger partial charge in [-0.2, -0.15) is 0 Å². The summed E-state index contributed by atoms with van der Waals surface area (Å²) in [5.41, 5.74) is 6.80. The number of halogens is 1. The fourth-order valence-corrected chi connectivity index (χ4v) is 1.01. The summed E-state index contributed by atoms with van der Waals surface area (Å²) in [5.74, 6) is -0.542. The SMILES string of the molecule is [C-]#[N+]c1cc(CC)c(N)cc1F. The van der Waals surface area contributed by atoms with Gasteiger partial charge in [0.1, 0.15) is 5.82 Å². The molecule has 3 heteroatoms. The van der Waals surface area contributed by atoms with Crippen LogP contribution in [0, 0.1) is 12.4 Å². The van der Waals surface area contributed by atoms with Crippen LogP contribution >= 0.6 is 0 Å². The van der Waals surface area contributed by atoms with Crippen LogP contribution in [0.15, 0.2) is 12.1 Å². The normalized spacial score (nSPS) is 9.42. The molecule has 0 fully saturated rings. The van der Waals surface area contributed by atoms with Crippen molar-refractivity contribution in [3.63, 3.8) is 0 Å². The Balaban J connectivity index is 3.30. The molecule has 2 N–H and O–H groups in total. The van der Waals surface area contributed by atoms with Crippen molar-refractivity contribution in [1.29, 1.82) is 0 Å². The number of nitrogens with zero attached hydrogens (tertiary/aromatic N) is 1. The fourth-order valence-electron chi connectivity index (χ4n) is 1.01. The number of hydrogen-bond donors (Lipinski definition) is 1. The highest BCUT2D eigenvalue weighted by molar-refractivity contribution is 5.58. The zero-order valence-electron chi connectivity index (χ0n) is 6.76. The second-order valence-corrected chi connectivity index (χ2v) is 2.47. The van der Waals surface area contributed by atoms with Gasteiger partial charge >= 0.3 is 0 Å². The van der Waals surface area contributed by atoms with E-state index in [-0.39, 0.29) is 5.69 Å². The van der Waals surface area contributed by atoms with Crippen LogP contribution in [0.4, 0.5) is 15.8 Å². The molecule has 0 aliphatic rings. The minimum Gasteiger partial charge on any atom is -0.399 e. The standard InChI is InChI=1S/C9H9FN2/c1-3-6-4-9(12-2)7(10)5-8(6)11/h4-5H,3,11H2,1H3. The monoisotopic (exact) mass is 164 g/mol. The quantitative estimate of drug-likeness (QED) is 0.501. The number of aryl methyl sites for hydroxylation is 1. The van der Waals surface area contributed by atoms with E-state index >= 15 is 0 Å². The van der Waals surface area contributed by atoms with Crippen LogP contribution in [0.3, 0.4) is 0 Å². The van der Waals surface area contributed by atoms with E-state index in [9.17, 15) is 4.39 Å². The van der Waals surface area contributed by atoms with E-state index < -0.39 is 5.82 Å². The minimum absolute atomic E-state index is 0.0426. The van der Waals surface area contributed by atoms with Crippen molar-refractivity contribution >= 4 is 11.4 Å². The molecule has 0 radical (unpaired) electrons. The number of hydrogen-bond acceptors (Lipinski definition) is 1. The Morgan fingerprint density at radius 1 is 1.58 bits per heavy atom. The van der Waals surface area contributed by atoms with Gasteiger partial charge in [0.25, 0.3) is 0 Å². The van der Waals surface area contributed by atoms with Gasteiger partial charge in [-0.05, 0) is 24.1 Å². The number of rotatable bonds is 1. The molecule has 0 heterocycles. The summed E-state index contributed by atoms with van der Waals surface area (Å²) in [7, 11) is 0. The number of anilines is 1. The topological polar surface area (TPSA) is 30.4 Å². The maximum absolute atomic E-state index is 12.9. The van der Waals surface area contributed by atoms with Gasteiger partial charge in [-0.3, -0.25) is 0 Å². The lowest BCUT2D eigenvalue weighted by Gasteiger charge is -2.03. The zero-order valence-corrected chi connectivity index (χ0v) is 6.76. The molecule has 1 aromatic carbocycles. The minimum atomic E-state index is -0.542. The molecule has 0 aromatic heterocycles. The Kier molecular flexibility index (Phi) is 2.29. The van der Waals surface area contributed by atoms with Gasteiger partial charge in [0.05, 0.1) is 6.57 Å². The summed E-state index contributed by atoms with van der Waals surface area (Å²) >= 11 is 0. The Labute approximate surface area is 70.6 Å². The van der Waals surface area contributed by atoms with Gasteiger partial charge in [-0.15, -0.1) is 0 Å². The van der Waals surface area contributed by atoms with Crippen LogP contribution in [0.5, 0.6) is 0 Å². The van der Waals surface area contributed by atoms with E-state index in [1.807, 2.05) is 6.92 Å². The molecule has 0 atom stereocenters. The molecule has 0 saturated carbocycles. The summed E-state index contributed by atoms with van der Waals surface area (Å²) in [6.07, 6.45) is 0.717. The van der Waals surface area contributed by atoms with E-state index in [2.05, 4.69) is 4.85 Å². The average molecular weight is 164 g/mol. The molecule has 0 aliphatic heterocycles. The van der Waals surface area contributed by atoms with E-state index in [0.29, 0.717) is 12.1 Å². The highest BCUT2D eigenvalue weighted by atomic mass is 19.1. The van der Waals surface area contributed by atoms with Crippen LogP contribution in [0.1, 0.15) is 12.5 Å². The molecule has 1 rings (SSSR count). The molecule has 0 unspecified atom stereocenters. The van der Waals surface area contributed by atoms with Gasteiger partial charge < -0.3 is 5.73 Å². The first-order valence-electron chi connectivity index (χ1n) is 3.64. The molecule has 12 heavy (non-hydrogen) atoms. The second-order valence-electron chi connectivity index (χ2n) is 2.47. The third-order valence-corrected chi connectivity index (χ3v) is 1.71. The number of nitrogen functional groups attached to an aromatic ring is 1. The predicted molar refractivity (Wildman–Crippen MR) is 46.5 cm³/mol. The largest absolute Gasteiger partial charge is 0.399 e. The van der Waals surface area contributed by atoms with Crippen LogP contribution < -0.4 is 5.73 Å². The summed E-state index contributed by atoms with van der Waals surface area (Å²) in [4.78, 5) is 3.04. The molecule has 0 spiro atoms. The number of benzene rings is 1. The lowest BCUT2D eigenvalue weighted by atomic mass is 10.1. The van der Waals surface area contributed by atoms with Gasteiger partial charge in [-0.1, -0.05) is 6.92 Å². The third-order valence-electron chi connectivity index (χ3n) is 1.71. The van der Waals surface area contributed by atoms with Crippen molar-refractivity contribution in [3.8, 4) is 0 Å². The maximum atomic E-state index is 12.9. The first kappa shape index (κ1) is 8.54. The van der Waals surface area contributed by atoms with E-state index in [4.69, 9.17) is 12.3 Å². The summed E-state index contributed by atoms with van der Waals surface area (Å²) in [6, 6.07) is 2.70. The highest BCUT2D eigenvalue weighted by Gasteiger charge is 2.05. The van der Waals surface area contributed by atoms with Crippen molar-refractivity contribution in [2.45, 2.75) is 13.3 Å². The van der Waals surface area contributed by atoms with Crippen molar-refractivity contribution < 1.29 is 4.39 Å². The van der Waals surface area contributed by atoms with Crippen molar-refractivity contribution in [1.82, 2.24) is 0 Å². The van der Waals surface area contributed by atoms with E-state index in [1.54, 1.807) is 0 Å². The Bertz CT molecular complexity index is 339. The Morgan fingerprint density at radius 2 is 2.25 bits per heavy atom. The van der Waals surface area contributed by atoms with Crippen molar-refractivity contribution in [3.05, 3.63) is 34.9 Å². The molecule has 62 valence electrons. The van der Waals surface area contributed by atoms with Crippen LogP contribution in [-0.2, 0) is 6.42 Å². The van der Waals surface area contributed by atoms with E-state index in [1.165, 1.54) is 12.1 Å². The molecule has 0 saturated heterocycles. The molecule has 1 aromatic rings. The van der Waals surface area contributed by atoms with Crippen LogP contribution in [-0.4, -0.2) is 0 Å². The van der Waals surface area contributed by atoms with E-state index in [0.717, 1.165) is 5.56 Å². The third kappa shape index (κ3) is 1.37. The van der Waals surface area contributed by atoms with Crippen LogP contribution in [0.2, 0.25) is 0 Å². The predicted octanol–water partition coefficient (Wildman–Crippen LogP) is 2.52. The molecule has 0 bridgehead atoms. The second kappa shape index (κ2) is 3.22. The lowest BCUT2D eigenvalue weighted by molar-refractivity contribution is 0.634. The zero-order chi connectivity index (χ0) is 9.14. The van der Waals surface area contributed by atoms with Gasteiger partial charge in [0.2, 0.25) is 5.69 Å². The van der Waals surface area contributed by atoms with Crippen LogP contribution in [0.25, 0.3) is 4.85 Å². The molecule has 0 amide bonds. The Hall–Kier alpha value is -1.56. The summed E-state index contributed by atoms with van der Waals surface area (Å²) in [5, 5.41) is 0. The highest BCUT2D eigenvalue weighted by Crippen LogP contribution is 2.24.